The molecule has 2 heteroatoms. The van der Waals surface area contributed by atoms with Crippen LogP contribution in [0.1, 0.15) is 35.7 Å². The maximum absolute atomic E-state index is 3.57. The highest BCUT2D eigenvalue weighted by Crippen LogP contribution is 2.29. The highest BCUT2D eigenvalue weighted by Gasteiger charge is 2.16. The zero-order valence-corrected chi connectivity index (χ0v) is 8.29. The van der Waals surface area contributed by atoms with Gasteiger partial charge in [0.25, 0.3) is 0 Å². The van der Waals surface area contributed by atoms with Crippen molar-refractivity contribution in [2.45, 2.75) is 32.2 Å². The van der Waals surface area contributed by atoms with Gasteiger partial charge in [-0.25, -0.2) is 0 Å². The molecule has 1 aliphatic heterocycles. The Morgan fingerprint density at radius 2 is 2.42 bits per heavy atom. The smallest absolute Gasteiger partial charge is 0.0417 e. The van der Waals surface area contributed by atoms with Crippen LogP contribution < -0.4 is 5.32 Å². The Bertz CT molecular complexity index is 248. The molecule has 1 N–H and O–H groups in total. The average molecular weight is 181 g/mol. The maximum Gasteiger partial charge on any atom is 0.0417 e. The average Bonchev–Trinajstić information content (AvgIpc) is 2.53. The van der Waals surface area contributed by atoms with E-state index in [0.717, 1.165) is 0 Å². The second-order valence-corrected chi connectivity index (χ2v) is 4.42. The van der Waals surface area contributed by atoms with Crippen LogP contribution >= 0.6 is 11.3 Å². The molecule has 0 aromatic carbocycles. The van der Waals surface area contributed by atoms with Gasteiger partial charge in [-0.1, -0.05) is 6.42 Å². The lowest BCUT2D eigenvalue weighted by Gasteiger charge is -2.23. The zero-order valence-electron chi connectivity index (χ0n) is 7.47. The molecule has 1 atom stereocenters. The predicted octanol–water partition coefficient (Wildman–Crippen LogP) is 2.87. The summed E-state index contributed by atoms with van der Waals surface area (Å²) in [6.07, 6.45) is 4.05. The number of hydrogen-bond acceptors (Lipinski definition) is 2. The molecule has 1 saturated heterocycles. The normalized spacial score (nSPS) is 24.2. The summed E-state index contributed by atoms with van der Waals surface area (Å²) in [6, 6.07) is 2.87. The molecule has 1 nitrogen and oxygen atoms in total. The fraction of sp³-hybridized carbons (Fsp3) is 0.600. The summed E-state index contributed by atoms with van der Waals surface area (Å²) in [5, 5.41) is 5.77. The number of rotatable bonds is 1. The number of piperidine rings is 1. The molecule has 0 aliphatic carbocycles. The van der Waals surface area contributed by atoms with Crippen LogP contribution in [0.2, 0.25) is 0 Å². The summed E-state index contributed by atoms with van der Waals surface area (Å²) in [4.78, 5) is 1.55. The van der Waals surface area contributed by atoms with Gasteiger partial charge in [-0.15, -0.1) is 11.3 Å². The molecule has 2 heterocycles. The lowest BCUT2D eigenvalue weighted by Crippen LogP contribution is -2.26. The van der Waals surface area contributed by atoms with Gasteiger partial charge in [0, 0.05) is 10.9 Å². The van der Waals surface area contributed by atoms with Crippen molar-refractivity contribution in [3.05, 3.63) is 21.9 Å². The van der Waals surface area contributed by atoms with Crippen molar-refractivity contribution in [3.63, 3.8) is 0 Å². The van der Waals surface area contributed by atoms with Crippen LogP contribution in [0.5, 0.6) is 0 Å². The van der Waals surface area contributed by atoms with Crippen molar-refractivity contribution in [1.82, 2.24) is 5.32 Å². The quantitative estimate of drug-likeness (QED) is 0.702. The van der Waals surface area contributed by atoms with E-state index in [2.05, 4.69) is 23.7 Å². The first-order valence-electron chi connectivity index (χ1n) is 4.65. The lowest BCUT2D eigenvalue weighted by atomic mass is 10.0. The van der Waals surface area contributed by atoms with E-state index in [0.29, 0.717) is 6.04 Å². The minimum atomic E-state index is 0.652. The van der Waals surface area contributed by atoms with Crippen molar-refractivity contribution in [2.75, 3.05) is 6.54 Å². The second kappa shape index (κ2) is 3.58. The van der Waals surface area contributed by atoms with Crippen LogP contribution in [0.3, 0.4) is 0 Å². The third-order valence-corrected chi connectivity index (χ3v) is 3.66. The van der Waals surface area contributed by atoms with Crippen LogP contribution in [0.15, 0.2) is 11.4 Å². The van der Waals surface area contributed by atoms with Gasteiger partial charge < -0.3 is 5.32 Å². The molecular formula is C10H15NS. The standard InChI is InChI=1S/C10H15NS/c1-8-5-7-12-10(8)9-4-2-3-6-11-9/h5,7,9,11H,2-4,6H2,1H3/t9-/m1/s1. The van der Waals surface area contributed by atoms with E-state index in [9.17, 15) is 0 Å². The predicted molar refractivity (Wildman–Crippen MR) is 53.7 cm³/mol. The first kappa shape index (κ1) is 8.27. The van der Waals surface area contributed by atoms with Crippen molar-refractivity contribution in [1.29, 1.82) is 0 Å². The molecule has 0 unspecified atom stereocenters. The molecule has 1 fully saturated rings. The van der Waals surface area contributed by atoms with Crippen LogP contribution in [0, 0.1) is 6.92 Å². The van der Waals surface area contributed by atoms with Gasteiger partial charge in [0.05, 0.1) is 0 Å². The maximum atomic E-state index is 3.57. The Morgan fingerprint density at radius 1 is 1.50 bits per heavy atom. The number of hydrogen-bond donors (Lipinski definition) is 1. The molecule has 1 aliphatic rings. The number of thiophene rings is 1. The van der Waals surface area contributed by atoms with E-state index in [1.807, 2.05) is 11.3 Å². The number of nitrogens with one attached hydrogen (secondary N) is 1. The fourth-order valence-corrected chi connectivity index (χ4v) is 2.86. The third kappa shape index (κ3) is 1.54. The summed E-state index contributed by atoms with van der Waals surface area (Å²) in [5.41, 5.74) is 1.46. The van der Waals surface area contributed by atoms with Crippen LogP contribution in [-0.2, 0) is 0 Å². The van der Waals surface area contributed by atoms with Gasteiger partial charge in [-0.3, -0.25) is 0 Å². The molecule has 2 rings (SSSR count). The molecule has 0 saturated carbocycles. The van der Waals surface area contributed by atoms with Gasteiger partial charge in [-0.05, 0) is 43.3 Å². The fourth-order valence-electron chi connectivity index (χ4n) is 1.82. The summed E-state index contributed by atoms with van der Waals surface area (Å²) >= 11 is 1.89. The zero-order chi connectivity index (χ0) is 8.39. The molecule has 12 heavy (non-hydrogen) atoms. The van der Waals surface area contributed by atoms with Crippen molar-refractivity contribution < 1.29 is 0 Å². The first-order valence-corrected chi connectivity index (χ1v) is 5.53. The van der Waals surface area contributed by atoms with Crippen molar-refractivity contribution in [3.8, 4) is 0 Å². The third-order valence-electron chi connectivity index (χ3n) is 2.53. The SMILES string of the molecule is Cc1ccsc1[C@H]1CCCCN1. The minimum absolute atomic E-state index is 0.652. The largest absolute Gasteiger partial charge is 0.309 e. The molecule has 0 spiro atoms. The van der Waals surface area contributed by atoms with Gasteiger partial charge in [-0.2, -0.15) is 0 Å². The van der Waals surface area contributed by atoms with Crippen LogP contribution in [-0.4, -0.2) is 6.54 Å². The van der Waals surface area contributed by atoms with E-state index in [-0.39, 0.29) is 0 Å². The molecule has 66 valence electrons. The lowest BCUT2D eigenvalue weighted by molar-refractivity contribution is 0.416. The molecule has 0 amide bonds. The van der Waals surface area contributed by atoms with E-state index < -0.39 is 0 Å². The Kier molecular flexibility index (Phi) is 2.47. The first-order chi connectivity index (χ1) is 5.88. The topological polar surface area (TPSA) is 12.0 Å². The van der Waals surface area contributed by atoms with Gasteiger partial charge in [0.2, 0.25) is 0 Å². The van der Waals surface area contributed by atoms with Gasteiger partial charge in [0.15, 0.2) is 0 Å². The highest BCUT2D eigenvalue weighted by atomic mass is 32.1. The highest BCUT2D eigenvalue weighted by molar-refractivity contribution is 7.10. The summed E-state index contributed by atoms with van der Waals surface area (Å²) < 4.78 is 0. The van der Waals surface area contributed by atoms with E-state index in [4.69, 9.17) is 0 Å². The van der Waals surface area contributed by atoms with Crippen molar-refractivity contribution >= 4 is 11.3 Å². The molecule has 1 aromatic heterocycles. The minimum Gasteiger partial charge on any atom is -0.309 e. The molecule has 1 aromatic rings. The van der Waals surface area contributed by atoms with Crippen LogP contribution in [0.4, 0.5) is 0 Å². The van der Waals surface area contributed by atoms with Gasteiger partial charge in [0.1, 0.15) is 0 Å². The second-order valence-electron chi connectivity index (χ2n) is 3.47. The Labute approximate surface area is 77.8 Å². The molecule has 0 bridgehead atoms. The van der Waals surface area contributed by atoms with E-state index in [1.54, 1.807) is 4.88 Å². The Morgan fingerprint density at radius 3 is 3.00 bits per heavy atom. The molecular weight excluding hydrogens is 166 g/mol. The number of aryl methyl sites for hydroxylation is 1. The monoisotopic (exact) mass is 181 g/mol. The summed E-state index contributed by atoms with van der Waals surface area (Å²) in [5.74, 6) is 0. The van der Waals surface area contributed by atoms with E-state index >= 15 is 0 Å². The van der Waals surface area contributed by atoms with Crippen molar-refractivity contribution in [2.24, 2.45) is 0 Å². The van der Waals surface area contributed by atoms with Gasteiger partial charge >= 0.3 is 0 Å². The van der Waals surface area contributed by atoms with E-state index in [1.165, 1.54) is 31.4 Å². The van der Waals surface area contributed by atoms with Crippen LogP contribution in [0.25, 0.3) is 0 Å². The summed E-state index contributed by atoms with van der Waals surface area (Å²) in [7, 11) is 0. The Hall–Kier alpha value is -0.340. The Balaban J connectivity index is 2.13. The summed E-state index contributed by atoms with van der Waals surface area (Å²) in [6.45, 7) is 3.41. The molecule has 0 radical (unpaired) electrons.